The van der Waals surface area contributed by atoms with E-state index in [0.717, 1.165) is 81.8 Å². The number of primary amides is 1. The van der Waals surface area contributed by atoms with Crippen LogP contribution in [0.15, 0.2) is 72.8 Å². The predicted octanol–water partition coefficient (Wildman–Crippen LogP) is 0.309. The van der Waals surface area contributed by atoms with Crippen molar-refractivity contribution in [3.05, 3.63) is 89.5 Å². The van der Waals surface area contributed by atoms with Gasteiger partial charge in [0.25, 0.3) is 0 Å². The fraction of sp³-hybridized carbons (Fsp3) is 0.472. The number of benzene rings is 3. The Kier molecular flexibility index (Phi) is 18.3. The first-order valence-electron chi connectivity index (χ1n) is 16.9. The van der Waals surface area contributed by atoms with Crippen molar-refractivity contribution in [2.45, 2.75) is 43.8 Å². The van der Waals surface area contributed by atoms with Crippen LogP contribution in [0.4, 0.5) is 0 Å². The Balaban J connectivity index is 1.45. The lowest BCUT2D eigenvalue weighted by molar-refractivity contribution is -0.117. The van der Waals surface area contributed by atoms with E-state index in [9.17, 15) is 20.1 Å². The molecule has 12 nitrogen and oxygen atoms in total. The van der Waals surface area contributed by atoms with E-state index >= 15 is 0 Å². The van der Waals surface area contributed by atoms with Gasteiger partial charge in [0, 0.05) is 90.0 Å². The summed E-state index contributed by atoms with van der Waals surface area (Å²) < 4.78 is 0. The molecule has 0 spiro atoms. The summed E-state index contributed by atoms with van der Waals surface area (Å²) in [6, 6.07) is 22.5. The quantitative estimate of drug-likeness (QED) is 0.0528. The Morgan fingerprint density at radius 3 is 1.19 bits per heavy atom. The molecule has 264 valence electrons. The molecule has 0 heterocycles. The lowest BCUT2D eigenvalue weighted by Crippen LogP contribution is -2.47. The van der Waals surface area contributed by atoms with Gasteiger partial charge in [0.2, 0.25) is 5.91 Å². The Morgan fingerprint density at radius 2 is 0.854 bits per heavy atom. The van der Waals surface area contributed by atoms with Crippen LogP contribution in [0.3, 0.4) is 0 Å². The van der Waals surface area contributed by atoms with E-state index < -0.39 is 0 Å². The molecular weight excluding hydrogens is 608 g/mol. The summed E-state index contributed by atoms with van der Waals surface area (Å²) in [5.41, 5.74) is 14.4. The molecular formula is C36H56N8O4. The molecule has 0 aromatic heterocycles. The number of rotatable bonds is 26. The van der Waals surface area contributed by atoms with Crippen molar-refractivity contribution in [2.75, 3.05) is 65.4 Å². The molecule has 3 unspecified atom stereocenters. The minimum Gasteiger partial charge on any atom is -0.508 e. The maximum Gasteiger partial charge on any atom is 0.218 e. The van der Waals surface area contributed by atoms with Crippen molar-refractivity contribution in [3.8, 4) is 17.2 Å². The van der Waals surface area contributed by atoms with Gasteiger partial charge in [-0.1, -0.05) is 36.4 Å². The number of hydrogen-bond donors (Lipinski definition) is 11. The number of carbonyl (C=O) groups is 1. The van der Waals surface area contributed by atoms with Crippen LogP contribution in [-0.2, 0) is 24.1 Å². The number of phenols is 3. The summed E-state index contributed by atoms with van der Waals surface area (Å²) in [5.74, 6) is 0.443. The molecule has 0 saturated carbocycles. The predicted molar refractivity (Wildman–Crippen MR) is 192 cm³/mol. The first kappa shape index (κ1) is 38.7. The largest absolute Gasteiger partial charge is 0.508 e. The molecule has 0 radical (unpaired) electrons. The molecule has 3 rings (SSSR count). The second-order valence-electron chi connectivity index (χ2n) is 12.2. The van der Waals surface area contributed by atoms with E-state index in [1.165, 1.54) is 0 Å². The van der Waals surface area contributed by atoms with Gasteiger partial charge in [0.1, 0.15) is 17.2 Å². The molecule has 0 bridgehead atoms. The standard InChI is InChI=1S/C36H56N8O4/c37-14-16-42-30(21-27-1-7-33(45)8-2-27)25-40-17-20-44-32(23-29-5-11-35(47)12-6-29)26-41-18-19-43-31(24-39-15-13-36(38)48)22-28-3-9-34(46)10-4-28/h1-12,30-32,39-47H,13-26,37H2,(H2,38,48). The van der Waals surface area contributed by atoms with Crippen LogP contribution in [0.5, 0.6) is 17.2 Å². The number of nitrogens with two attached hydrogens (primary N) is 2. The van der Waals surface area contributed by atoms with Crippen LogP contribution in [0.2, 0.25) is 0 Å². The van der Waals surface area contributed by atoms with Crippen molar-refractivity contribution >= 4 is 5.91 Å². The minimum atomic E-state index is -0.324. The zero-order chi connectivity index (χ0) is 34.4. The number of amides is 1. The van der Waals surface area contributed by atoms with Gasteiger partial charge < -0.3 is 58.7 Å². The number of hydrogen-bond acceptors (Lipinski definition) is 11. The van der Waals surface area contributed by atoms with E-state index in [1.807, 2.05) is 36.4 Å². The average Bonchev–Trinajstić information content (AvgIpc) is 3.07. The summed E-state index contributed by atoms with van der Waals surface area (Å²) in [7, 11) is 0. The number of aromatic hydroxyl groups is 3. The third kappa shape index (κ3) is 16.9. The first-order chi connectivity index (χ1) is 23.3. The van der Waals surface area contributed by atoms with E-state index in [0.29, 0.717) is 26.1 Å². The van der Waals surface area contributed by atoms with Crippen LogP contribution in [0, 0.1) is 0 Å². The molecule has 1 amide bonds. The van der Waals surface area contributed by atoms with E-state index in [2.05, 4.69) is 31.9 Å². The van der Waals surface area contributed by atoms with E-state index in [-0.39, 0.29) is 41.3 Å². The molecule has 3 atom stereocenters. The van der Waals surface area contributed by atoms with E-state index in [1.54, 1.807) is 36.4 Å². The van der Waals surface area contributed by atoms with Crippen LogP contribution in [0.25, 0.3) is 0 Å². The molecule has 0 aliphatic rings. The zero-order valence-corrected chi connectivity index (χ0v) is 28.0. The fourth-order valence-corrected chi connectivity index (χ4v) is 5.46. The van der Waals surface area contributed by atoms with Crippen molar-refractivity contribution < 1.29 is 20.1 Å². The third-order valence-corrected chi connectivity index (χ3v) is 8.02. The Labute approximate surface area is 285 Å². The Hall–Kier alpha value is -3.75. The molecule has 13 N–H and O–H groups in total. The lowest BCUT2D eigenvalue weighted by atomic mass is 10.0. The summed E-state index contributed by atoms with van der Waals surface area (Å²) in [6.07, 6.45) is 2.72. The van der Waals surface area contributed by atoms with Gasteiger partial charge in [-0.3, -0.25) is 4.79 Å². The molecule has 0 aliphatic heterocycles. The van der Waals surface area contributed by atoms with Crippen molar-refractivity contribution in [2.24, 2.45) is 11.5 Å². The average molecular weight is 665 g/mol. The maximum absolute atomic E-state index is 11.1. The van der Waals surface area contributed by atoms with Gasteiger partial charge in [0.05, 0.1) is 0 Å². The Bertz CT molecular complexity index is 1280. The monoisotopic (exact) mass is 664 g/mol. The maximum atomic E-state index is 11.1. The highest BCUT2D eigenvalue weighted by molar-refractivity contribution is 5.73. The highest BCUT2D eigenvalue weighted by Gasteiger charge is 2.13. The first-order valence-corrected chi connectivity index (χ1v) is 16.9. The smallest absolute Gasteiger partial charge is 0.218 e. The van der Waals surface area contributed by atoms with E-state index in [4.69, 9.17) is 11.5 Å². The van der Waals surface area contributed by atoms with Crippen molar-refractivity contribution in [1.29, 1.82) is 0 Å². The van der Waals surface area contributed by atoms with Gasteiger partial charge >= 0.3 is 0 Å². The topological polar surface area (TPSA) is 202 Å². The highest BCUT2D eigenvalue weighted by atomic mass is 16.3. The van der Waals surface area contributed by atoms with Crippen molar-refractivity contribution in [1.82, 2.24) is 31.9 Å². The molecule has 12 heteroatoms. The molecule has 0 saturated heterocycles. The summed E-state index contributed by atoms with van der Waals surface area (Å²) in [4.78, 5) is 11.1. The third-order valence-electron chi connectivity index (χ3n) is 8.02. The van der Waals surface area contributed by atoms with Crippen molar-refractivity contribution in [3.63, 3.8) is 0 Å². The highest BCUT2D eigenvalue weighted by Crippen LogP contribution is 2.13. The number of phenolic OH excluding ortho intramolecular Hbond substituents is 3. The lowest BCUT2D eigenvalue weighted by Gasteiger charge is -2.23. The zero-order valence-electron chi connectivity index (χ0n) is 28.0. The normalized spacial score (nSPS) is 13.3. The summed E-state index contributed by atoms with van der Waals surface area (Å²) >= 11 is 0. The fourth-order valence-electron chi connectivity index (χ4n) is 5.46. The number of nitrogens with one attached hydrogen (secondary N) is 6. The minimum absolute atomic E-state index is 0.137. The molecule has 0 fully saturated rings. The van der Waals surface area contributed by atoms with Crippen LogP contribution in [0.1, 0.15) is 23.1 Å². The molecule has 3 aromatic carbocycles. The van der Waals surface area contributed by atoms with Gasteiger partial charge in [-0.15, -0.1) is 0 Å². The molecule has 48 heavy (non-hydrogen) atoms. The van der Waals surface area contributed by atoms with Gasteiger partial charge in [-0.05, 0) is 72.4 Å². The van der Waals surface area contributed by atoms with Gasteiger partial charge in [-0.25, -0.2) is 0 Å². The summed E-state index contributed by atoms with van der Waals surface area (Å²) in [5, 5.41) is 50.3. The molecule has 0 aliphatic carbocycles. The van der Waals surface area contributed by atoms with Crippen LogP contribution >= 0.6 is 0 Å². The second kappa shape index (κ2) is 22.8. The van der Waals surface area contributed by atoms with Gasteiger partial charge in [0.15, 0.2) is 0 Å². The SMILES string of the molecule is NCCNC(CNCCNC(CNCCNC(CNCCC(N)=O)Cc1ccc(O)cc1)Cc1ccc(O)cc1)Cc1ccc(O)cc1. The van der Waals surface area contributed by atoms with Crippen LogP contribution in [-0.4, -0.2) is 105 Å². The Morgan fingerprint density at radius 1 is 0.521 bits per heavy atom. The second-order valence-corrected chi connectivity index (χ2v) is 12.2. The summed E-state index contributed by atoms with van der Waals surface area (Å²) in [6.45, 7) is 7.19. The number of carbonyl (C=O) groups excluding carboxylic acids is 1. The molecule has 3 aromatic rings. The van der Waals surface area contributed by atoms with Crippen LogP contribution < -0.4 is 43.4 Å². The van der Waals surface area contributed by atoms with Gasteiger partial charge in [-0.2, -0.15) is 0 Å².